The van der Waals surface area contributed by atoms with Crippen LogP contribution in [0.3, 0.4) is 0 Å². The lowest BCUT2D eigenvalue weighted by atomic mass is 9.98. The summed E-state index contributed by atoms with van der Waals surface area (Å²) in [7, 11) is 0. The Morgan fingerprint density at radius 2 is 0.827 bits per heavy atom. The van der Waals surface area contributed by atoms with Gasteiger partial charge in [0.15, 0.2) is 12.6 Å². The molecule has 2 saturated heterocycles. The molecule has 0 aromatic heterocycles. The van der Waals surface area contributed by atoms with Crippen molar-refractivity contribution in [2.24, 2.45) is 0 Å². The molecule has 2 aliphatic rings. The van der Waals surface area contributed by atoms with E-state index in [0.717, 1.165) is 57.8 Å². The Morgan fingerprint density at radius 1 is 0.440 bits per heavy atom. The molecule has 0 aliphatic carbocycles. The van der Waals surface area contributed by atoms with Crippen molar-refractivity contribution in [3.8, 4) is 0 Å². The van der Waals surface area contributed by atoms with Gasteiger partial charge >= 0.3 is 5.97 Å². The fraction of sp³-hybridized carbons (Fsp3) is 0.852. The lowest BCUT2D eigenvalue weighted by Crippen LogP contribution is -2.61. The van der Waals surface area contributed by atoms with E-state index in [2.05, 4.69) is 62.5 Å². The predicted molar refractivity (Wildman–Crippen MR) is 298 cm³/mol. The number of esters is 1. The topological polar surface area (TPSA) is 214 Å². The number of ether oxygens (including phenoxy) is 6. The lowest BCUT2D eigenvalue weighted by molar-refractivity contribution is -0.332. The third kappa shape index (κ3) is 34.5. The molecule has 11 atom stereocenters. The van der Waals surface area contributed by atoms with Gasteiger partial charge in [0, 0.05) is 13.0 Å². The molecule has 0 saturated carbocycles. The second kappa shape index (κ2) is 47.9. The molecule has 0 aromatic rings. The predicted octanol–water partition coefficient (Wildman–Crippen LogP) is 11.1. The Morgan fingerprint density at radius 3 is 1.31 bits per heavy atom. The summed E-state index contributed by atoms with van der Waals surface area (Å²) in [4.78, 5) is 13.1. The van der Waals surface area contributed by atoms with E-state index in [-0.39, 0.29) is 25.6 Å². The van der Waals surface area contributed by atoms with Gasteiger partial charge in [0.1, 0.15) is 54.9 Å². The molecule has 2 heterocycles. The average molecular weight is 1070 g/mol. The van der Waals surface area contributed by atoms with Crippen LogP contribution < -0.4 is 0 Å². The molecule has 7 N–H and O–H groups in total. The van der Waals surface area contributed by atoms with Gasteiger partial charge < -0.3 is 64.2 Å². The molecule has 75 heavy (non-hydrogen) atoms. The molecule has 0 radical (unpaired) electrons. The van der Waals surface area contributed by atoms with Crippen molar-refractivity contribution in [2.45, 2.75) is 300 Å². The summed E-state index contributed by atoms with van der Waals surface area (Å²) in [6.07, 6.45) is 41.6. The maximum atomic E-state index is 13.1. The first-order chi connectivity index (χ1) is 36.6. The highest BCUT2D eigenvalue weighted by Gasteiger charge is 2.47. The second-order valence-electron chi connectivity index (χ2n) is 21.2. The van der Waals surface area contributed by atoms with Crippen molar-refractivity contribution < 1.29 is 69.0 Å². The van der Waals surface area contributed by atoms with E-state index in [1.807, 2.05) is 0 Å². The summed E-state index contributed by atoms with van der Waals surface area (Å²) in [5, 5.41) is 72.4. The minimum Gasteiger partial charge on any atom is -0.457 e. The molecular formula is C61H110O14. The van der Waals surface area contributed by atoms with Crippen LogP contribution in [-0.2, 0) is 33.2 Å². The molecule has 0 bridgehead atoms. The van der Waals surface area contributed by atoms with Crippen LogP contribution in [0, 0.1) is 0 Å². The number of hydrogen-bond acceptors (Lipinski definition) is 14. The number of aliphatic hydroxyl groups is 7. The van der Waals surface area contributed by atoms with E-state index in [1.54, 1.807) is 0 Å². The number of rotatable bonds is 49. The monoisotopic (exact) mass is 1070 g/mol. The van der Waals surface area contributed by atoms with Gasteiger partial charge in [-0.25, -0.2) is 0 Å². The maximum absolute atomic E-state index is 13.1. The van der Waals surface area contributed by atoms with Gasteiger partial charge in [-0.3, -0.25) is 4.79 Å². The van der Waals surface area contributed by atoms with Gasteiger partial charge in [-0.1, -0.05) is 197 Å². The van der Waals surface area contributed by atoms with Crippen molar-refractivity contribution in [3.05, 3.63) is 48.6 Å². The number of allylic oxidation sites excluding steroid dienone is 8. The molecule has 2 rings (SSSR count). The van der Waals surface area contributed by atoms with E-state index in [0.29, 0.717) is 13.0 Å². The standard InChI is InChI=1S/C61H110O14/c1-3-5-7-9-11-13-15-17-19-21-23-24-25-26-27-28-30-32-34-36-38-40-42-44-53(63)73-50(47-70-45-43-41-39-37-35-33-31-29-22-20-18-16-14-12-10-8-6-4-2)48-71-60-59(69)57(67)55(65)52(75-60)49-72-61-58(68)56(66)54(64)51(46-62)74-61/h12,14-15,17-18,20-21,23,50-52,54-62,64-69H,3-11,13,16,19,22,24-49H2,1-2H3/b14-12-,17-15-,20-18-,23-21-. The van der Waals surface area contributed by atoms with Crippen LogP contribution in [0.15, 0.2) is 48.6 Å². The summed E-state index contributed by atoms with van der Waals surface area (Å²) >= 11 is 0. The number of hydrogen-bond donors (Lipinski definition) is 7. The largest absolute Gasteiger partial charge is 0.457 e. The highest BCUT2D eigenvalue weighted by Crippen LogP contribution is 2.27. The quantitative estimate of drug-likeness (QED) is 0.0172. The number of unbranched alkanes of at least 4 members (excludes halogenated alkanes) is 27. The zero-order valence-corrected chi connectivity index (χ0v) is 47.0. The fourth-order valence-electron chi connectivity index (χ4n) is 9.41. The molecule has 0 aromatic carbocycles. The molecule has 0 spiro atoms. The Bertz CT molecular complexity index is 1420. The van der Waals surface area contributed by atoms with Gasteiger partial charge in [0.25, 0.3) is 0 Å². The average Bonchev–Trinajstić information content (AvgIpc) is 3.41. The molecular weight excluding hydrogens is 957 g/mol. The van der Waals surface area contributed by atoms with E-state index >= 15 is 0 Å². The molecule has 0 amide bonds. The van der Waals surface area contributed by atoms with E-state index in [1.165, 1.54) is 148 Å². The molecule has 438 valence electrons. The summed E-state index contributed by atoms with van der Waals surface area (Å²) in [6, 6.07) is 0. The van der Waals surface area contributed by atoms with Crippen molar-refractivity contribution >= 4 is 5.97 Å². The van der Waals surface area contributed by atoms with E-state index < -0.39 is 80.7 Å². The third-order valence-electron chi connectivity index (χ3n) is 14.3. The SMILES string of the molecule is CCCCC/C=C\C/C=C\CCCCCCCCCCOCC(COC1OC(COC2OC(CO)C(O)C(O)C2O)C(O)C(O)C1O)OC(=O)CCCCCCCCCCCCC/C=C\C/C=C\CCCCCCC. The first-order valence-corrected chi connectivity index (χ1v) is 30.2. The summed E-state index contributed by atoms with van der Waals surface area (Å²) in [5.74, 6) is -0.379. The minimum absolute atomic E-state index is 0.0569. The van der Waals surface area contributed by atoms with Crippen LogP contribution >= 0.6 is 0 Å². The molecule has 2 aliphatic heterocycles. The Labute approximate surface area is 454 Å². The normalized spacial score (nSPS) is 24.9. The Balaban J connectivity index is 1.70. The maximum Gasteiger partial charge on any atom is 0.306 e. The number of carbonyl (C=O) groups excluding carboxylic acids is 1. The van der Waals surface area contributed by atoms with Gasteiger partial charge in [-0.2, -0.15) is 0 Å². The fourth-order valence-corrected chi connectivity index (χ4v) is 9.41. The number of aliphatic hydroxyl groups excluding tert-OH is 7. The minimum atomic E-state index is -1.71. The Hall–Kier alpha value is -2.05. The zero-order valence-electron chi connectivity index (χ0n) is 47.0. The molecule has 14 heteroatoms. The van der Waals surface area contributed by atoms with Crippen molar-refractivity contribution in [1.82, 2.24) is 0 Å². The van der Waals surface area contributed by atoms with Crippen molar-refractivity contribution in [3.63, 3.8) is 0 Å². The highest BCUT2D eigenvalue weighted by atomic mass is 16.7. The van der Waals surface area contributed by atoms with Gasteiger partial charge in [0.2, 0.25) is 0 Å². The van der Waals surface area contributed by atoms with Crippen LogP contribution in [0.2, 0.25) is 0 Å². The zero-order chi connectivity index (χ0) is 54.4. The van der Waals surface area contributed by atoms with E-state index in [4.69, 9.17) is 28.4 Å². The summed E-state index contributed by atoms with van der Waals surface area (Å²) < 4.78 is 34.4. The first kappa shape index (κ1) is 69.1. The summed E-state index contributed by atoms with van der Waals surface area (Å²) in [6.45, 7) is 3.66. The van der Waals surface area contributed by atoms with Gasteiger partial charge in [0.05, 0.1) is 26.4 Å². The second-order valence-corrected chi connectivity index (χ2v) is 21.2. The van der Waals surface area contributed by atoms with Crippen molar-refractivity contribution in [2.75, 3.05) is 33.0 Å². The smallest absolute Gasteiger partial charge is 0.306 e. The van der Waals surface area contributed by atoms with Gasteiger partial charge in [-0.15, -0.1) is 0 Å². The van der Waals surface area contributed by atoms with Crippen molar-refractivity contribution in [1.29, 1.82) is 0 Å². The van der Waals surface area contributed by atoms with Crippen LogP contribution in [0.5, 0.6) is 0 Å². The first-order valence-electron chi connectivity index (χ1n) is 30.2. The molecule has 2 fully saturated rings. The third-order valence-corrected chi connectivity index (χ3v) is 14.3. The van der Waals surface area contributed by atoms with Gasteiger partial charge in [-0.05, 0) is 77.0 Å². The van der Waals surface area contributed by atoms with Crippen LogP contribution in [0.25, 0.3) is 0 Å². The lowest BCUT2D eigenvalue weighted by Gasteiger charge is -2.42. The van der Waals surface area contributed by atoms with Crippen LogP contribution in [0.1, 0.15) is 232 Å². The number of carbonyl (C=O) groups is 1. The van der Waals surface area contributed by atoms with E-state index in [9.17, 15) is 40.5 Å². The summed E-state index contributed by atoms with van der Waals surface area (Å²) in [5.41, 5.74) is 0. The molecule has 14 nitrogen and oxygen atoms in total. The van der Waals surface area contributed by atoms with Crippen LogP contribution in [-0.4, -0.2) is 142 Å². The van der Waals surface area contributed by atoms with Crippen LogP contribution in [0.4, 0.5) is 0 Å². The highest BCUT2D eigenvalue weighted by molar-refractivity contribution is 5.69. The Kier molecular flexibility index (Phi) is 44.1. The molecule has 11 unspecified atom stereocenters.